The average molecular weight is 341 g/mol. The summed E-state index contributed by atoms with van der Waals surface area (Å²) in [5.41, 5.74) is 3.15. The third kappa shape index (κ3) is 4.90. The lowest BCUT2D eigenvalue weighted by Crippen LogP contribution is -2.32. The van der Waals surface area contributed by atoms with Gasteiger partial charge in [-0.1, -0.05) is 24.3 Å². The number of carbonyl (C=O) groups is 3. The second-order valence-corrected chi connectivity index (χ2v) is 4.78. The lowest BCUT2D eigenvalue weighted by Gasteiger charge is -2.08. The first kappa shape index (κ1) is 17.7. The monoisotopic (exact) mass is 341 g/mol. The van der Waals surface area contributed by atoms with Gasteiger partial charge in [0.2, 0.25) is 0 Å². The summed E-state index contributed by atoms with van der Waals surface area (Å²) in [6.45, 7) is 0. The Morgan fingerprint density at radius 1 is 1.04 bits per heavy atom. The standard InChI is InChI=1S/C17H15N3O5/c1-25-14-5-3-2-4-13(14)19-15(21)16(22)20-18-10-11-6-8-12(9-7-11)17(23)24/h2-10H,1H3,(H,19,21)(H,20,22)(H,23,24)/b18-10+. The summed E-state index contributed by atoms with van der Waals surface area (Å²) >= 11 is 0. The van der Waals surface area contributed by atoms with Crippen LogP contribution in [-0.4, -0.2) is 36.2 Å². The van der Waals surface area contributed by atoms with E-state index in [0.29, 0.717) is 17.0 Å². The van der Waals surface area contributed by atoms with E-state index in [9.17, 15) is 14.4 Å². The lowest BCUT2D eigenvalue weighted by atomic mass is 10.1. The van der Waals surface area contributed by atoms with Gasteiger partial charge in [-0.2, -0.15) is 5.10 Å². The third-order valence-electron chi connectivity index (χ3n) is 3.10. The molecule has 0 spiro atoms. The number of carboxylic acid groups (broad SMARTS) is 1. The first-order valence-electron chi connectivity index (χ1n) is 7.12. The van der Waals surface area contributed by atoms with Gasteiger partial charge in [0.1, 0.15) is 5.75 Å². The summed E-state index contributed by atoms with van der Waals surface area (Å²) < 4.78 is 5.07. The predicted molar refractivity (Wildman–Crippen MR) is 90.8 cm³/mol. The van der Waals surface area contributed by atoms with Crippen LogP contribution in [0.15, 0.2) is 53.6 Å². The zero-order valence-corrected chi connectivity index (χ0v) is 13.2. The van der Waals surface area contributed by atoms with Gasteiger partial charge >= 0.3 is 17.8 Å². The van der Waals surface area contributed by atoms with Gasteiger partial charge in [-0.15, -0.1) is 0 Å². The summed E-state index contributed by atoms with van der Waals surface area (Å²) in [6, 6.07) is 12.5. The molecule has 0 unspecified atom stereocenters. The number of para-hydroxylation sites is 2. The molecule has 0 heterocycles. The number of methoxy groups -OCH3 is 1. The summed E-state index contributed by atoms with van der Waals surface area (Å²) in [4.78, 5) is 34.3. The van der Waals surface area contributed by atoms with Gasteiger partial charge in [0.15, 0.2) is 0 Å². The summed E-state index contributed by atoms with van der Waals surface area (Å²) in [5, 5.41) is 14.9. The van der Waals surface area contributed by atoms with Crippen molar-refractivity contribution in [2.75, 3.05) is 12.4 Å². The molecule has 8 heteroatoms. The minimum Gasteiger partial charge on any atom is -0.495 e. The zero-order valence-electron chi connectivity index (χ0n) is 13.2. The minimum absolute atomic E-state index is 0.136. The van der Waals surface area contributed by atoms with E-state index in [2.05, 4.69) is 15.8 Å². The number of anilines is 1. The van der Waals surface area contributed by atoms with Crippen molar-refractivity contribution in [2.24, 2.45) is 5.10 Å². The molecule has 128 valence electrons. The maximum Gasteiger partial charge on any atom is 0.335 e. The number of benzene rings is 2. The normalized spacial score (nSPS) is 10.3. The van der Waals surface area contributed by atoms with E-state index >= 15 is 0 Å². The Hall–Kier alpha value is -3.68. The fourth-order valence-electron chi connectivity index (χ4n) is 1.85. The summed E-state index contributed by atoms with van der Waals surface area (Å²) in [6.07, 6.45) is 1.29. The quantitative estimate of drug-likeness (QED) is 0.433. The number of aromatic carboxylic acids is 1. The molecule has 25 heavy (non-hydrogen) atoms. The molecule has 0 saturated carbocycles. The number of carboxylic acids is 1. The average Bonchev–Trinajstić information content (AvgIpc) is 2.62. The molecule has 0 radical (unpaired) electrons. The predicted octanol–water partition coefficient (Wildman–Crippen LogP) is 1.48. The second-order valence-electron chi connectivity index (χ2n) is 4.78. The summed E-state index contributed by atoms with van der Waals surface area (Å²) in [5.74, 6) is -2.47. The zero-order chi connectivity index (χ0) is 18.2. The van der Waals surface area contributed by atoms with Crippen LogP contribution in [0.5, 0.6) is 5.75 Å². The highest BCUT2D eigenvalue weighted by Crippen LogP contribution is 2.22. The van der Waals surface area contributed by atoms with Crippen molar-refractivity contribution in [3.05, 3.63) is 59.7 Å². The van der Waals surface area contributed by atoms with Gasteiger partial charge in [-0.25, -0.2) is 10.2 Å². The molecule has 0 fully saturated rings. The van der Waals surface area contributed by atoms with Crippen LogP contribution in [0.2, 0.25) is 0 Å². The molecule has 0 atom stereocenters. The van der Waals surface area contributed by atoms with Crippen LogP contribution in [0.25, 0.3) is 0 Å². The molecule has 0 saturated heterocycles. The number of hydrogen-bond donors (Lipinski definition) is 3. The van der Waals surface area contributed by atoms with Gasteiger partial charge < -0.3 is 15.2 Å². The van der Waals surface area contributed by atoms with E-state index in [0.717, 1.165) is 0 Å². The van der Waals surface area contributed by atoms with Crippen molar-refractivity contribution in [3.8, 4) is 5.75 Å². The van der Waals surface area contributed by atoms with Crippen molar-refractivity contribution >= 4 is 29.7 Å². The maximum atomic E-state index is 11.8. The van der Waals surface area contributed by atoms with Crippen molar-refractivity contribution in [1.29, 1.82) is 0 Å². The van der Waals surface area contributed by atoms with Crippen molar-refractivity contribution in [3.63, 3.8) is 0 Å². The topological polar surface area (TPSA) is 117 Å². The first-order chi connectivity index (χ1) is 12.0. The molecule has 3 N–H and O–H groups in total. The number of rotatable bonds is 5. The van der Waals surface area contributed by atoms with Gasteiger partial charge in [0.05, 0.1) is 24.6 Å². The molecule has 8 nitrogen and oxygen atoms in total. The second kappa shape index (κ2) is 8.25. The van der Waals surface area contributed by atoms with E-state index in [-0.39, 0.29) is 5.56 Å². The van der Waals surface area contributed by atoms with Crippen molar-refractivity contribution in [1.82, 2.24) is 5.43 Å². The Balaban J connectivity index is 1.92. The van der Waals surface area contributed by atoms with E-state index in [1.165, 1.54) is 37.6 Å². The van der Waals surface area contributed by atoms with Gasteiger partial charge in [0.25, 0.3) is 0 Å². The van der Waals surface area contributed by atoms with Crippen molar-refractivity contribution in [2.45, 2.75) is 0 Å². The molecular formula is C17H15N3O5. The highest BCUT2D eigenvalue weighted by atomic mass is 16.5. The van der Waals surface area contributed by atoms with Gasteiger partial charge in [-0.3, -0.25) is 9.59 Å². The van der Waals surface area contributed by atoms with E-state index < -0.39 is 17.8 Å². The number of ether oxygens (including phenoxy) is 1. The van der Waals surface area contributed by atoms with Crippen LogP contribution >= 0.6 is 0 Å². The largest absolute Gasteiger partial charge is 0.495 e. The number of nitrogens with one attached hydrogen (secondary N) is 2. The number of hydrazone groups is 1. The number of carbonyl (C=O) groups excluding carboxylic acids is 2. The Bertz CT molecular complexity index is 815. The fourth-order valence-corrected chi connectivity index (χ4v) is 1.85. The van der Waals surface area contributed by atoms with Gasteiger partial charge in [0, 0.05) is 0 Å². The smallest absolute Gasteiger partial charge is 0.335 e. The summed E-state index contributed by atoms with van der Waals surface area (Å²) in [7, 11) is 1.45. The Morgan fingerprint density at radius 2 is 1.72 bits per heavy atom. The van der Waals surface area contributed by atoms with E-state index in [4.69, 9.17) is 9.84 Å². The molecule has 0 aliphatic heterocycles. The SMILES string of the molecule is COc1ccccc1NC(=O)C(=O)N/N=C/c1ccc(C(=O)O)cc1. The van der Waals surface area contributed by atoms with Crippen LogP contribution in [0.4, 0.5) is 5.69 Å². The highest BCUT2D eigenvalue weighted by Gasteiger charge is 2.14. The molecule has 0 bridgehead atoms. The molecule has 2 amide bonds. The molecule has 2 aromatic carbocycles. The Labute approximate surface area is 143 Å². The molecule has 0 aromatic heterocycles. The minimum atomic E-state index is -1.04. The van der Waals surface area contributed by atoms with Crippen LogP contribution < -0.4 is 15.5 Å². The van der Waals surface area contributed by atoms with Crippen LogP contribution in [0.3, 0.4) is 0 Å². The number of nitrogens with zero attached hydrogens (tertiary/aromatic N) is 1. The molecule has 2 rings (SSSR count). The lowest BCUT2D eigenvalue weighted by molar-refractivity contribution is -0.136. The van der Waals surface area contributed by atoms with E-state index in [1.807, 2.05) is 0 Å². The van der Waals surface area contributed by atoms with Crippen molar-refractivity contribution < 1.29 is 24.2 Å². The molecule has 2 aromatic rings. The maximum absolute atomic E-state index is 11.8. The molecule has 0 aliphatic carbocycles. The van der Waals surface area contributed by atoms with Crippen LogP contribution in [-0.2, 0) is 9.59 Å². The van der Waals surface area contributed by atoms with Crippen LogP contribution in [0, 0.1) is 0 Å². The fraction of sp³-hybridized carbons (Fsp3) is 0.0588. The van der Waals surface area contributed by atoms with E-state index in [1.54, 1.807) is 24.3 Å². The number of hydrogen-bond acceptors (Lipinski definition) is 5. The van der Waals surface area contributed by atoms with Crippen LogP contribution in [0.1, 0.15) is 15.9 Å². The third-order valence-corrected chi connectivity index (χ3v) is 3.10. The number of amides is 2. The highest BCUT2D eigenvalue weighted by molar-refractivity contribution is 6.39. The molecular weight excluding hydrogens is 326 g/mol. The Kier molecular flexibility index (Phi) is 5.83. The Morgan fingerprint density at radius 3 is 2.36 bits per heavy atom. The first-order valence-corrected chi connectivity index (χ1v) is 7.12. The molecule has 0 aliphatic rings. The van der Waals surface area contributed by atoms with Gasteiger partial charge in [-0.05, 0) is 29.8 Å².